The van der Waals surface area contributed by atoms with Crippen molar-refractivity contribution in [2.75, 3.05) is 5.32 Å². The molecule has 102 valence electrons. The van der Waals surface area contributed by atoms with Crippen LogP contribution in [0.3, 0.4) is 0 Å². The number of fused-ring (bicyclic) bond motifs is 1. The SMILES string of the molecule is Cc1ccc2c(c1)NC(=O)CC[C@@H]2C1CCCCC1. The van der Waals surface area contributed by atoms with E-state index >= 15 is 0 Å². The van der Waals surface area contributed by atoms with Crippen LogP contribution in [-0.2, 0) is 4.79 Å². The summed E-state index contributed by atoms with van der Waals surface area (Å²) in [7, 11) is 0. The maximum atomic E-state index is 11.9. The van der Waals surface area contributed by atoms with Gasteiger partial charge in [0.15, 0.2) is 0 Å². The van der Waals surface area contributed by atoms with Crippen molar-refractivity contribution in [1.82, 2.24) is 0 Å². The highest BCUT2D eigenvalue weighted by Gasteiger charge is 2.29. The lowest BCUT2D eigenvalue weighted by Gasteiger charge is -2.30. The van der Waals surface area contributed by atoms with Crippen molar-refractivity contribution in [3.63, 3.8) is 0 Å². The average Bonchev–Trinajstić information content (AvgIpc) is 2.57. The Labute approximate surface area is 115 Å². The largest absolute Gasteiger partial charge is 0.326 e. The fourth-order valence-corrected chi connectivity index (χ4v) is 3.78. The molecule has 0 unspecified atom stereocenters. The molecule has 2 aliphatic rings. The monoisotopic (exact) mass is 257 g/mol. The maximum Gasteiger partial charge on any atom is 0.224 e. The van der Waals surface area contributed by atoms with E-state index in [-0.39, 0.29) is 5.91 Å². The molecule has 3 rings (SSSR count). The molecule has 1 saturated carbocycles. The van der Waals surface area contributed by atoms with Crippen LogP contribution in [0.2, 0.25) is 0 Å². The Balaban J connectivity index is 1.94. The zero-order valence-electron chi connectivity index (χ0n) is 11.7. The summed E-state index contributed by atoms with van der Waals surface area (Å²) in [6.07, 6.45) is 8.49. The average molecular weight is 257 g/mol. The molecule has 0 aromatic heterocycles. The quantitative estimate of drug-likeness (QED) is 0.794. The maximum absolute atomic E-state index is 11.9. The van der Waals surface area contributed by atoms with Crippen LogP contribution >= 0.6 is 0 Å². The molecule has 1 aliphatic heterocycles. The minimum Gasteiger partial charge on any atom is -0.326 e. The van der Waals surface area contributed by atoms with Crippen molar-refractivity contribution < 1.29 is 4.79 Å². The molecule has 0 saturated heterocycles. The molecular formula is C17H23NO. The number of anilines is 1. The van der Waals surface area contributed by atoms with Crippen LogP contribution in [0.4, 0.5) is 5.69 Å². The van der Waals surface area contributed by atoms with E-state index in [2.05, 4.69) is 30.4 Å². The molecule has 1 fully saturated rings. The predicted octanol–water partition coefficient (Wildman–Crippen LogP) is 4.39. The van der Waals surface area contributed by atoms with Gasteiger partial charge in [0.1, 0.15) is 0 Å². The number of benzene rings is 1. The lowest BCUT2D eigenvalue weighted by atomic mass is 9.75. The highest BCUT2D eigenvalue weighted by Crippen LogP contribution is 2.42. The van der Waals surface area contributed by atoms with Crippen LogP contribution in [0.5, 0.6) is 0 Å². The van der Waals surface area contributed by atoms with Gasteiger partial charge in [0.05, 0.1) is 0 Å². The van der Waals surface area contributed by atoms with Crippen molar-refractivity contribution in [1.29, 1.82) is 0 Å². The molecule has 1 aliphatic carbocycles. The van der Waals surface area contributed by atoms with Crippen molar-refractivity contribution >= 4 is 11.6 Å². The van der Waals surface area contributed by atoms with Crippen molar-refractivity contribution in [2.24, 2.45) is 5.92 Å². The van der Waals surface area contributed by atoms with Gasteiger partial charge in [0, 0.05) is 12.1 Å². The molecule has 2 heteroatoms. The first-order chi connectivity index (χ1) is 9.24. The van der Waals surface area contributed by atoms with Gasteiger partial charge >= 0.3 is 0 Å². The molecule has 1 N–H and O–H groups in total. The van der Waals surface area contributed by atoms with Crippen LogP contribution in [0.15, 0.2) is 18.2 Å². The molecule has 1 amide bonds. The number of amides is 1. The number of aryl methyl sites for hydroxylation is 1. The van der Waals surface area contributed by atoms with E-state index in [0.29, 0.717) is 12.3 Å². The van der Waals surface area contributed by atoms with E-state index in [0.717, 1.165) is 18.0 Å². The van der Waals surface area contributed by atoms with E-state index in [4.69, 9.17) is 0 Å². The summed E-state index contributed by atoms with van der Waals surface area (Å²) < 4.78 is 0. The number of nitrogens with one attached hydrogen (secondary N) is 1. The van der Waals surface area contributed by atoms with E-state index < -0.39 is 0 Å². The summed E-state index contributed by atoms with van der Waals surface area (Å²) in [5.41, 5.74) is 3.67. The number of carbonyl (C=O) groups is 1. The molecule has 0 radical (unpaired) electrons. The Morgan fingerprint density at radius 1 is 1.11 bits per heavy atom. The lowest BCUT2D eigenvalue weighted by molar-refractivity contribution is -0.116. The summed E-state index contributed by atoms with van der Waals surface area (Å²) in [5, 5.41) is 3.09. The Kier molecular flexibility index (Phi) is 3.58. The molecule has 0 spiro atoms. The predicted molar refractivity (Wildman–Crippen MR) is 78.4 cm³/mol. The van der Waals surface area contributed by atoms with Crippen LogP contribution in [0.25, 0.3) is 0 Å². The van der Waals surface area contributed by atoms with Gasteiger partial charge in [0.2, 0.25) is 5.91 Å². The zero-order valence-corrected chi connectivity index (χ0v) is 11.7. The summed E-state index contributed by atoms with van der Waals surface area (Å²) >= 11 is 0. The first kappa shape index (κ1) is 12.7. The second kappa shape index (κ2) is 5.36. The van der Waals surface area contributed by atoms with Gasteiger partial charge in [-0.1, -0.05) is 31.4 Å². The summed E-state index contributed by atoms with van der Waals surface area (Å²) in [6, 6.07) is 6.57. The summed E-state index contributed by atoms with van der Waals surface area (Å²) in [5.74, 6) is 1.54. The third-order valence-corrected chi connectivity index (χ3v) is 4.78. The fourth-order valence-electron chi connectivity index (χ4n) is 3.78. The highest BCUT2D eigenvalue weighted by molar-refractivity contribution is 5.92. The lowest BCUT2D eigenvalue weighted by Crippen LogP contribution is -2.16. The minimum absolute atomic E-state index is 0.185. The smallest absolute Gasteiger partial charge is 0.224 e. The van der Waals surface area contributed by atoms with Crippen LogP contribution in [-0.4, -0.2) is 5.91 Å². The Morgan fingerprint density at radius 2 is 1.89 bits per heavy atom. The first-order valence-corrected chi connectivity index (χ1v) is 7.64. The highest BCUT2D eigenvalue weighted by atomic mass is 16.1. The van der Waals surface area contributed by atoms with E-state index in [1.54, 1.807) is 0 Å². The molecule has 1 heterocycles. The van der Waals surface area contributed by atoms with Gasteiger partial charge in [-0.2, -0.15) is 0 Å². The van der Waals surface area contributed by atoms with E-state index in [1.165, 1.54) is 43.2 Å². The number of hydrogen-bond donors (Lipinski definition) is 1. The van der Waals surface area contributed by atoms with Crippen LogP contribution in [0.1, 0.15) is 62.0 Å². The Bertz CT molecular complexity index is 474. The standard InChI is InChI=1S/C17H23NO/c1-12-7-8-15-14(13-5-3-2-4-6-13)9-10-17(19)18-16(15)11-12/h7-8,11,13-14H,2-6,9-10H2,1H3,(H,18,19)/t14-/m1/s1. The number of carbonyl (C=O) groups excluding carboxylic acids is 1. The van der Waals surface area contributed by atoms with Crippen molar-refractivity contribution in [2.45, 2.75) is 57.8 Å². The number of rotatable bonds is 1. The topological polar surface area (TPSA) is 29.1 Å². The molecule has 1 aromatic rings. The normalized spacial score (nSPS) is 24.5. The van der Waals surface area contributed by atoms with Crippen LogP contribution < -0.4 is 5.32 Å². The molecule has 2 nitrogen and oxygen atoms in total. The zero-order chi connectivity index (χ0) is 13.2. The molecule has 0 bridgehead atoms. The first-order valence-electron chi connectivity index (χ1n) is 7.64. The van der Waals surface area contributed by atoms with Crippen LogP contribution in [0, 0.1) is 12.8 Å². The van der Waals surface area contributed by atoms with E-state index in [9.17, 15) is 4.79 Å². The van der Waals surface area contributed by atoms with Gasteiger partial charge in [-0.05, 0) is 55.2 Å². The van der Waals surface area contributed by atoms with Crippen molar-refractivity contribution in [3.05, 3.63) is 29.3 Å². The van der Waals surface area contributed by atoms with E-state index in [1.807, 2.05) is 0 Å². The summed E-state index contributed by atoms with van der Waals surface area (Å²) in [6.45, 7) is 2.09. The number of hydrogen-bond acceptors (Lipinski definition) is 1. The second-order valence-electron chi connectivity index (χ2n) is 6.18. The molecule has 19 heavy (non-hydrogen) atoms. The van der Waals surface area contributed by atoms with Gasteiger partial charge in [-0.15, -0.1) is 0 Å². The fraction of sp³-hybridized carbons (Fsp3) is 0.588. The Hall–Kier alpha value is -1.31. The molecule has 1 atom stereocenters. The Morgan fingerprint density at radius 3 is 2.68 bits per heavy atom. The third-order valence-electron chi connectivity index (χ3n) is 4.78. The van der Waals surface area contributed by atoms with Gasteiger partial charge in [-0.3, -0.25) is 4.79 Å². The molecular weight excluding hydrogens is 234 g/mol. The third kappa shape index (κ3) is 2.68. The minimum atomic E-state index is 0.185. The van der Waals surface area contributed by atoms with Crippen molar-refractivity contribution in [3.8, 4) is 0 Å². The van der Waals surface area contributed by atoms with Gasteiger partial charge in [-0.25, -0.2) is 0 Å². The second-order valence-corrected chi connectivity index (χ2v) is 6.18. The van der Waals surface area contributed by atoms with Gasteiger partial charge < -0.3 is 5.32 Å². The summed E-state index contributed by atoms with van der Waals surface area (Å²) in [4.78, 5) is 11.9. The molecule has 1 aromatic carbocycles. The van der Waals surface area contributed by atoms with Gasteiger partial charge in [0.25, 0.3) is 0 Å².